The van der Waals surface area contributed by atoms with Gasteiger partial charge in [0.25, 0.3) is 5.91 Å². The monoisotopic (exact) mass is 425 g/mol. The molecule has 0 aromatic carbocycles. The second-order valence-corrected chi connectivity index (χ2v) is 8.78. The van der Waals surface area contributed by atoms with E-state index in [4.69, 9.17) is 4.74 Å². The van der Waals surface area contributed by atoms with Crippen LogP contribution in [0.15, 0.2) is 30.7 Å². The Morgan fingerprint density at radius 3 is 2.87 bits per heavy atom. The molecular formula is C22H27N5O2S. The number of fused-ring (bicyclic) bond motifs is 1. The molecule has 0 radical (unpaired) electrons. The molecule has 1 amide bonds. The molecule has 1 aliphatic heterocycles. The van der Waals surface area contributed by atoms with Crippen molar-refractivity contribution in [2.24, 2.45) is 0 Å². The minimum atomic E-state index is -0.180. The van der Waals surface area contributed by atoms with Crippen LogP contribution in [0, 0.1) is 0 Å². The van der Waals surface area contributed by atoms with Crippen LogP contribution in [0.2, 0.25) is 0 Å². The van der Waals surface area contributed by atoms with Gasteiger partial charge in [-0.25, -0.2) is 15.0 Å². The van der Waals surface area contributed by atoms with Crippen molar-refractivity contribution < 1.29 is 9.53 Å². The maximum atomic E-state index is 12.9. The average molecular weight is 426 g/mol. The van der Waals surface area contributed by atoms with Crippen LogP contribution in [0.25, 0.3) is 10.2 Å². The van der Waals surface area contributed by atoms with Crippen LogP contribution < -0.4 is 5.32 Å². The Kier molecular flexibility index (Phi) is 6.36. The molecule has 4 rings (SSSR count). The minimum absolute atomic E-state index is 0.0627. The lowest BCUT2D eigenvalue weighted by Gasteiger charge is -2.33. The molecule has 1 N–H and O–H groups in total. The van der Waals surface area contributed by atoms with E-state index >= 15 is 0 Å². The topological polar surface area (TPSA) is 80.2 Å². The summed E-state index contributed by atoms with van der Waals surface area (Å²) in [5, 5.41) is 4.02. The highest BCUT2D eigenvalue weighted by atomic mass is 32.1. The molecular weight excluding hydrogens is 398 g/mol. The zero-order chi connectivity index (χ0) is 21.1. The van der Waals surface area contributed by atoms with Crippen LogP contribution in [0.5, 0.6) is 0 Å². The number of nitrogens with one attached hydrogen (secondary N) is 1. The number of amides is 1. The molecule has 30 heavy (non-hydrogen) atoms. The highest BCUT2D eigenvalue weighted by Crippen LogP contribution is 2.37. The lowest BCUT2D eigenvalue weighted by molar-refractivity contribution is -0.0323. The molecule has 1 unspecified atom stereocenters. The molecule has 3 aromatic heterocycles. The third kappa shape index (κ3) is 4.50. The number of ether oxygens (including phenoxy) is 1. The highest BCUT2D eigenvalue weighted by molar-refractivity contribution is 7.20. The third-order valence-electron chi connectivity index (χ3n) is 5.08. The first-order valence-corrected chi connectivity index (χ1v) is 11.2. The molecule has 0 bridgehead atoms. The smallest absolute Gasteiger partial charge is 0.262 e. The lowest BCUT2D eigenvalue weighted by Crippen LogP contribution is -2.38. The van der Waals surface area contributed by atoms with Gasteiger partial charge in [0.05, 0.1) is 12.7 Å². The zero-order valence-electron chi connectivity index (χ0n) is 17.6. The van der Waals surface area contributed by atoms with Crippen LogP contribution in [-0.4, -0.2) is 51.5 Å². The van der Waals surface area contributed by atoms with Crippen LogP contribution in [-0.2, 0) is 17.7 Å². The number of hydrogen-bond donors (Lipinski definition) is 1. The molecule has 0 spiro atoms. The van der Waals surface area contributed by atoms with Crippen LogP contribution in [0.4, 0.5) is 0 Å². The van der Waals surface area contributed by atoms with Gasteiger partial charge in [-0.05, 0) is 19.9 Å². The lowest BCUT2D eigenvalue weighted by atomic mass is 10.0. The van der Waals surface area contributed by atoms with E-state index in [1.54, 1.807) is 6.20 Å². The highest BCUT2D eigenvalue weighted by Gasteiger charge is 2.30. The summed E-state index contributed by atoms with van der Waals surface area (Å²) in [5.41, 5.74) is 2.03. The van der Waals surface area contributed by atoms with Crippen molar-refractivity contribution >= 4 is 27.5 Å². The van der Waals surface area contributed by atoms with Gasteiger partial charge in [-0.2, -0.15) is 0 Å². The van der Waals surface area contributed by atoms with Crippen molar-refractivity contribution in [2.45, 2.75) is 45.9 Å². The van der Waals surface area contributed by atoms with E-state index in [9.17, 15) is 4.79 Å². The van der Waals surface area contributed by atoms with Gasteiger partial charge in [-0.3, -0.25) is 9.69 Å². The van der Waals surface area contributed by atoms with E-state index < -0.39 is 0 Å². The van der Waals surface area contributed by atoms with Crippen molar-refractivity contribution in [3.8, 4) is 0 Å². The molecule has 1 atom stereocenters. The predicted molar refractivity (Wildman–Crippen MR) is 118 cm³/mol. The molecule has 1 fully saturated rings. The summed E-state index contributed by atoms with van der Waals surface area (Å²) in [7, 11) is 0. The van der Waals surface area contributed by atoms with Gasteiger partial charge in [-0.1, -0.05) is 13.0 Å². The Morgan fingerprint density at radius 2 is 2.13 bits per heavy atom. The van der Waals surface area contributed by atoms with Gasteiger partial charge in [0.15, 0.2) is 0 Å². The summed E-state index contributed by atoms with van der Waals surface area (Å²) in [6.07, 6.45) is 6.23. The second kappa shape index (κ2) is 9.16. The second-order valence-electron chi connectivity index (χ2n) is 7.78. The summed E-state index contributed by atoms with van der Waals surface area (Å²) >= 11 is 1.44. The average Bonchev–Trinajstić information content (AvgIpc) is 3.14. The van der Waals surface area contributed by atoms with Gasteiger partial charge < -0.3 is 10.1 Å². The Labute approximate surface area is 180 Å². The van der Waals surface area contributed by atoms with E-state index in [-0.39, 0.29) is 18.1 Å². The first-order valence-electron chi connectivity index (χ1n) is 10.4. The van der Waals surface area contributed by atoms with Crippen LogP contribution >= 0.6 is 11.3 Å². The van der Waals surface area contributed by atoms with Crippen molar-refractivity contribution in [1.82, 2.24) is 25.2 Å². The fourth-order valence-corrected chi connectivity index (χ4v) is 4.79. The van der Waals surface area contributed by atoms with Crippen LogP contribution in [0.3, 0.4) is 0 Å². The maximum absolute atomic E-state index is 12.9. The maximum Gasteiger partial charge on any atom is 0.262 e. The molecule has 0 saturated carbocycles. The number of thiophene rings is 1. The first-order chi connectivity index (χ1) is 14.5. The first kappa shape index (κ1) is 20.8. The van der Waals surface area contributed by atoms with E-state index in [1.807, 2.05) is 38.4 Å². The summed E-state index contributed by atoms with van der Waals surface area (Å²) in [4.78, 5) is 30.1. The minimum Gasteiger partial charge on any atom is -0.371 e. The summed E-state index contributed by atoms with van der Waals surface area (Å²) in [5.74, 6) is 0.795. The number of nitrogens with zero attached hydrogens (tertiary/aromatic N) is 4. The van der Waals surface area contributed by atoms with E-state index in [0.717, 1.165) is 46.7 Å². The quantitative estimate of drug-likeness (QED) is 0.652. The zero-order valence-corrected chi connectivity index (χ0v) is 18.4. The summed E-state index contributed by atoms with van der Waals surface area (Å²) in [6, 6.07) is 4.01. The van der Waals surface area contributed by atoms with Gasteiger partial charge in [0, 0.05) is 67.2 Å². The number of aromatic nitrogens is 3. The predicted octanol–water partition coefficient (Wildman–Crippen LogP) is 3.36. The molecule has 1 aliphatic rings. The van der Waals surface area contributed by atoms with Crippen molar-refractivity contribution in [3.05, 3.63) is 52.6 Å². The Morgan fingerprint density at radius 1 is 1.33 bits per heavy atom. The van der Waals surface area contributed by atoms with Gasteiger partial charge >= 0.3 is 0 Å². The normalized spacial score (nSPS) is 17.5. The Bertz CT molecular complexity index is 1020. The number of aryl methyl sites for hydroxylation is 1. The number of morpholine rings is 1. The van der Waals surface area contributed by atoms with Gasteiger partial charge in [0.1, 0.15) is 15.5 Å². The molecule has 8 heteroatoms. The number of pyridine rings is 1. The van der Waals surface area contributed by atoms with Crippen LogP contribution in [0.1, 0.15) is 53.5 Å². The fraction of sp³-hybridized carbons (Fsp3) is 0.455. The molecule has 4 heterocycles. The van der Waals surface area contributed by atoms with Crippen molar-refractivity contribution in [3.63, 3.8) is 0 Å². The Hall–Kier alpha value is -2.42. The number of rotatable bonds is 6. The summed E-state index contributed by atoms with van der Waals surface area (Å²) < 4.78 is 6.16. The number of hydrogen-bond acceptors (Lipinski definition) is 7. The van der Waals surface area contributed by atoms with E-state index in [2.05, 4.69) is 32.1 Å². The van der Waals surface area contributed by atoms with E-state index in [0.29, 0.717) is 18.0 Å². The third-order valence-corrected chi connectivity index (χ3v) is 6.21. The SMILES string of the molecule is CCc1ncc(CN2CCOC(c3c(C(=O)NC(C)C)sc4ncccc34)C2)cn1. The number of carbonyl (C=O) groups is 1. The van der Waals surface area contributed by atoms with Gasteiger partial charge in [0.2, 0.25) is 0 Å². The summed E-state index contributed by atoms with van der Waals surface area (Å²) in [6.45, 7) is 8.90. The Balaban J connectivity index is 1.59. The fourth-order valence-electron chi connectivity index (χ4n) is 3.69. The molecule has 158 valence electrons. The largest absolute Gasteiger partial charge is 0.371 e. The molecule has 7 nitrogen and oxygen atoms in total. The number of carbonyl (C=O) groups excluding carboxylic acids is 1. The standard InChI is InChI=1S/C22H27N5O2S/c1-4-18-24-10-15(11-25-18)12-27-8-9-29-17(13-27)19-16-6-5-7-23-22(16)30-20(19)21(28)26-14(2)3/h5-7,10-11,14,17H,4,8-9,12-13H2,1-3H3,(H,26,28). The molecule has 3 aromatic rings. The van der Waals surface area contributed by atoms with E-state index in [1.165, 1.54) is 11.3 Å². The van der Waals surface area contributed by atoms with Gasteiger partial charge in [-0.15, -0.1) is 11.3 Å². The molecule has 1 saturated heterocycles. The van der Waals surface area contributed by atoms with Crippen molar-refractivity contribution in [1.29, 1.82) is 0 Å². The molecule has 0 aliphatic carbocycles. The van der Waals surface area contributed by atoms with Crippen molar-refractivity contribution in [2.75, 3.05) is 19.7 Å².